The van der Waals surface area contributed by atoms with E-state index < -0.39 is 0 Å². The van der Waals surface area contributed by atoms with Crippen molar-refractivity contribution in [3.63, 3.8) is 0 Å². The van der Waals surface area contributed by atoms with Crippen LogP contribution in [0.3, 0.4) is 0 Å². The monoisotopic (exact) mass is 372 g/mol. The van der Waals surface area contributed by atoms with Crippen LogP contribution in [0.1, 0.15) is 61.0 Å². The highest BCUT2D eigenvalue weighted by Gasteiger charge is 2.20. The third-order valence-corrected chi connectivity index (χ3v) is 4.18. The maximum Gasteiger partial charge on any atom is 0.274 e. The zero-order chi connectivity index (χ0) is 19.5. The van der Waals surface area contributed by atoms with Crippen LogP contribution in [0.2, 0.25) is 0 Å². The van der Waals surface area contributed by atoms with Gasteiger partial charge in [-0.15, -0.1) is 0 Å². The van der Waals surface area contributed by atoms with E-state index in [2.05, 4.69) is 22.2 Å². The molecule has 0 spiro atoms. The van der Waals surface area contributed by atoms with Crippen LogP contribution in [0.15, 0.2) is 35.2 Å². The molecule has 0 saturated heterocycles. The molecule has 2 aromatic heterocycles. The lowest BCUT2D eigenvalue weighted by Gasteiger charge is -2.21. The molecule has 0 aliphatic carbocycles. The number of aryl methyl sites for hydroxylation is 1. The summed E-state index contributed by atoms with van der Waals surface area (Å²) in [5.41, 5.74) is 0.999. The number of nitrogens with zero attached hydrogens (tertiary/aromatic N) is 3. The third kappa shape index (κ3) is 7.21. The van der Waals surface area contributed by atoms with Gasteiger partial charge in [-0.05, 0) is 25.5 Å². The number of carbonyl (C=O) groups is 2. The normalized spacial score (nSPS) is 10.6. The lowest BCUT2D eigenvalue weighted by atomic mass is 10.2. The number of aromatic nitrogens is 2. The van der Waals surface area contributed by atoms with Gasteiger partial charge >= 0.3 is 0 Å². The highest BCUT2D eigenvalue weighted by Crippen LogP contribution is 2.10. The van der Waals surface area contributed by atoms with Crippen molar-refractivity contribution in [2.24, 2.45) is 0 Å². The van der Waals surface area contributed by atoms with Crippen LogP contribution >= 0.6 is 0 Å². The molecule has 0 radical (unpaired) electrons. The lowest BCUT2D eigenvalue weighted by Crippen LogP contribution is -2.35. The third-order valence-electron chi connectivity index (χ3n) is 4.18. The molecule has 2 aromatic rings. The van der Waals surface area contributed by atoms with Crippen molar-refractivity contribution in [1.82, 2.24) is 20.2 Å². The van der Waals surface area contributed by atoms with Gasteiger partial charge in [-0.1, -0.05) is 26.2 Å². The van der Waals surface area contributed by atoms with E-state index in [1.807, 2.05) is 6.92 Å². The summed E-state index contributed by atoms with van der Waals surface area (Å²) in [4.78, 5) is 34.7. The summed E-state index contributed by atoms with van der Waals surface area (Å²) in [6, 6.07) is 3.57. The summed E-state index contributed by atoms with van der Waals surface area (Å²) in [6.45, 7) is 5.21. The molecule has 0 saturated carbocycles. The van der Waals surface area contributed by atoms with Gasteiger partial charge in [-0.2, -0.15) is 0 Å². The van der Waals surface area contributed by atoms with Crippen molar-refractivity contribution in [2.45, 2.75) is 52.5 Å². The van der Waals surface area contributed by atoms with Crippen molar-refractivity contribution in [3.8, 4) is 0 Å². The molecule has 27 heavy (non-hydrogen) atoms. The van der Waals surface area contributed by atoms with Gasteiger partial charge in [-0.3, -0.25) is 14.6 Å². The number of furan rings is 1. The van der Waals surface area contributed by atoms with Crippen molar-refractivity contribution in [3.05, 3.63) is 47.9 Å². The molecular weight excluding hydrogens is 344 g/mol. The zero-order valence-electron chi connectivity index (χ0n) is 16.1. The van der Waals surface area contributed by atoms with E-state index in [0.717, 1.165) is 18.5 Å². The van der Waals surface area contributed by atoms with E-state index in [1.54, 1.807) is 29.5 Å². The van der Waals surface area contributed by atoms with Gasteiger partial charge in [0, 0.05) is 25.7 Å². The van der Waals surface area contributed by atoms with Crippen LogP contribution in [0.25, 0.3) is 0 Å². The summed E-state index contributed by atoms with van der Waals surface area (Å²) in [6.07, 6.45) is 9.26. The van der Waals surface area contributed by atoms with Crippen molar-refractivity contribution < 1.29 is 14.0 Å². The fourth-order valence-electron chi connectivity index (χ4n) is 2.61. The molecular formula is C20H28N4O3. The molecule has 0 aliphatic heterocycles. The average Bonchev–Trinajstić information content (AvgIpc) is 3.18. The maximum atomic E-state index is 12.8. The van der Waals surface area contributed by atoms with E-state index in [1.165, 1.54) is 19.0 Å². The highest BCUT2D eigenvalue weighted by atomic mass is 16.3. The van der Waals surface area contributed by atoms with Crippen LogP contribution in [-0.2, 0) is 11.3 Å². The molecule has 7 nitrogen and oxygen atoms in total. The fourth-order valence-corrected chi connectivity index (χ4v) is 2.61. The van der Waals surface area contributed by atoms with Gasteiger partial charge in [0.25, 0.3) is 5.91 Å². The summed E-state index contributed by atoms with van der Waals surface area (Å²) < 4.78 is 5.35. The van der Waals surface area contributed by atoms with Gasteiger partial charge in [0.05, 0.1) is 24.7 Å². The Morgan fingerprint density at radius 3 is 2.70 bits per heavy atom. The van der Waals surface area contributed by atoms with E-state index in [-0.39, 0.29) is 37.0 Å². The number of hydrogen-bond donors (Lipinski definition) is 1. The molecule has 146 valence electrons. The first-order valence-electron chi connectivity index (χ1n) is 9.47. The van der Waals surface area contributed by atoms with Crippen molar-refractivity contribution in [1.29, 1.82) is 0 Å². The van der Waals surface area contributed by atoms with E-state index in [0.29, 0.717) is 12.3 Å². The fraction of sp³-hybridized carbons (Fsp3) is 0.500. The molecule has 2 rings (SSSR count). The first-order valence-corrected chi connectivity index (χ1v) is 9.47. The van der Waals surface area contributed by atoms with Crippen LogP contribution in [-0.4, -0.2) is 39.8 Å². The number of unbranched alkanes of at least 4 members (excludes halogenated alkanes) is 3. The first kappa shape index (κ1) is 20.6. The van der Waals surface area contributed by atoms with Crippen LogP contribution in [0.4, 0.5) is 0 Å². The van der Waals surface area contributed by atoms with E-state index in [4.69, 9.17) is 4.42 Å². The largest absolute Gasteiger partial charge is 0.467 e. The van der Waals surface area contributed by atoms with Gasteiger partial charge < -0.3 is 14.6 Å². The van der Waals surface area contributed by atoms with Gasteiger partial charge in [0.1, 0.15) is 11.5 Å². The highest BCUT2D eigenvalue weighted by molar-refractivity contribution is 5.92. The Balaban J connectivity index is 1.91. The van der Waals surface area contributed by atoms with E-state index in [9.17, 15) is 9.59 Å². The minimum Gasteiger partial charge on any atom is -0.467 e. The number of rotatable bonds is 11. The summed E-state index contributed by atoms with van der Waals surface area (Å²) in [7, 11) is 0. The number of hydrogen-bond acceptors (Lipinski definition) is 5. The second kappa shape index (κ2) is 11.1. The second-order valence-corrected chi connectivity index (χ2v) is 6.51. The molecule has 1 N–H and O–H groups in total. The number of carbonyl (C=O) groups excluding carboxylic acids is 2. The van der Waals surface area contributed by atoms with Crippen molar-refractivity contribution >= 4 is 11.8 Å². The molecule has 2 amide bonds. The van der Waals surface area contributed by atoms with Gasteiger partial charge in [0.15, 0.2) is 0 Å². The van der Waals surface area contributed by atoms with Crippen LogP contribution in [0, 0.1) is 6.92 Å². The quantitative estimate of drug-likeness (QED) is 0.612. The number of amides is 2. The van der Waals surface area contributed by atoms with Crippen LogP contribution in [0.5, 0.6) is 0 Å². The zero-order valence-corrected chi connectivity index (χ0v) is 16.1. The Hall–Kier alpha value is -2.70. The predicted molar refractivity (Wildman–Crippen MR) is 102 cm³/mol. The van der Waals surface area contributed by atoms with Crippen LogP contribution < -0.4 is 5.32 Å². The molecule has 7 heteroatoms. The maximum absolute atomic E-state index is 12.8. The lowest BCUT2D eigenvalue weighted by molar-refractivity contribution is -0.121. The minimum absolute atomic E-state index is 0.0567. The molecule has 0 bridgehead atoms. The SMILES string of the molecule is CCCCCCNC(=O)CCN(Cc1ccco1)C(=O)c1cnc(C)cn1. The Bertz CT molecular complexity index is 699. The Kier molecular flexibility index (Phi) is 8.48. The number of nitrogens with one attached hydrogen (secondary N) is 1. The standard InChI is InChI=1S/C20H28N4O3/c1-3-4-5-6-10-21-19(25)9-11-24(15-17-8-7-12-27-17)20(26)18-14-22-16(2)13-23-18/h7-8,12-14H,3-6,9-11,15H2,1-2H3,(H,21,25). The summed E-state index contributed by atoms with van der Waals surface area (Å²) in [5, 5.41) is 2.91. The molecule has 2 heterocycles. The molecule has 0 aromatic carbocycles. The van der Waals surface area contributed by atoms with Gasteiger partial charge in [0.2, 0.25) is 5.91 Å². The Morgan fingerprint density at radius 2 is 2.04 bits per heavy atom. The summed E-state index contributed by atoms with van der Waals surface area (Å²) in [5.74, 6) is 0.330. The molecule has 0 fully saturated rings. The second-order valence-electron chi connectivity index (χ2n) is 6.51. The topological polar surface area (TPSA) is 88.3 Å². The summed E-state index contributed by atoms with van der Waals surface area (Å²) >= 11 is 0. The molecule has 0 unspecified atom stereocenters. The average molecular weight is 372 g/mol. The van der Waals surface area contributed by atoms with Gasteiger partial charge in [-0.25, -0.2) is 4.98 Å². The minimum atomic E-state index is -0.269. The van der Waals surface area contributed by atoms with E-state index >= 15 is 0 Å². The smallest absolute Gasteiger partial charge is 0.274 e. The Labute approximate surface area is 160 Å². The molecule has 0 atom stereocenters. The molecule has 0 aliphatic rings. The predicted octanol–water partition coefficient (Wildman–Crippen LogP) is 3.11. The van der Waals surface area contributed by atoms with Crippen molar-refractivity contribution in [2.75, 3.05) is 13.1 Å². The Morgan fingerprint density at radius 1 is 1.19 bits per heavy atom. The first-order chi connectivity index (χ1) is 13.1.